The first-order valence-electron chi connectivity index (χ1n) is 24.1. The molecule has 3 aromatic rings. The summed E-state index contributed by atoms with van der Waals surface area (Å²) >= 11 is 1.47. The Morgan fingerprint density at radius 3 is 2.35 bits per heavy atom. The summed E-state index contributed by atoms with van der Waals surface area (Å²) in [6.07, 6.45) is 14.1. The number of aliphatic hydroxyl groups is 2. The van der Waals surface area contributed by atoms with Gasteiger partial charge in [0.25, 0.3) is 5.95 Å². The van der Waals surface area contributed by atoms with Crippen molar-refractivity contribution in [2.24, 2.45) is 27.0 Å². The SMILES string of the molecule is CC(=O)CCOCCOCCOCCN(C)CCOC12CC3(C)CC(C)(CC(Cn4ncc(C5=CC=C(N6CCC/C(=C(C)/C(N)=N/c7nc8ccccc8s7)C6=N)NC5=C(O)O)c4C)(C3)C1)C2. The molecule has 16 nitrogen and oxygen atoms in total. The zero-order chi connectivity index (χ0) is 48.3. The molecule has 1 aromatic carbocycles. The second kappa shape index (κ2) is 20.6. The molecule has 368 valence electrons. The first-order chi connectivity index (χ1) is 32.5. The Kier molecular flexibility index (Phi) is 15.0. The lowest BCUT2D eigenvalue weighted by Crippen LogP contribution is -2.64. The molecule has 68 heavy (non-hydrogen) atoms. The second-order valence-corrected chi connectivity index (χ2v) is 21.7. The first kappa shape index (κ1) is 49.5. The lowest BCUT2D eigenvalue weighted by molar-refractivity contribution is -0.248. The van der Waals surface area contributed by atoms with Gasteiger partial charge in [0.1, 0.15) is 29.0 Å². The van der Waals surface area contributed by atoms with Gasteiger partial charge in [-0.05, 0) is 125 Å². The van der Waals surface area contributed by atoms with Gasteiger partial charge in [-0.25, -0.2) is 9.98 Å². The van der Waals surface area contributed by atoms with Crippen LogP contribution < -0.4 is 11.1 Å². The topological polar surface area (TPSA) is 206 Å². The van der Waals surface area contributed by atoms with Crippen LogP contribution in [0.15, 0.2) is 76.2 Å². The molecule has 0 spiro atoms. The molecule has 6 aliphatic rings. The minimum absolute atomic E-state index is 0.0132. The molecular formula is C51H71N9O7S. The number of thiazole rings is 1. The van der Waals surface area contributed by atoms with Crippen LogP contribution in [0.5, 0.6) is 0 Å². The van der Waals surface area contributed by atoms with Crippen LogP contribution in [0.3, 0.4) is 0 Å². The van der Waals surface area contributed by atoms with Gasteiger partial charge in [0.05, 0.1) is 68.3 Å². The van der Waals surface area contributed by atoms with Gasteiger partial charge in [-0.2, -0.15) is 5.10 Å². The van der Waals surface area contributed by atoms with Crippen LogP contribution in [0.2, 0.25) is 0 Å². The Balaban J connectivity index is 0.892. The average Bonchev–Trinajstić information content (AvgIpc) is 3.85. The minimum Gasteiger partial charge on any atom is -0.480 e. The molecule has 1 saturated heterocycles. The number of amidine groups is 2. The molecule has 4 bridgehead atoms. The number of nitrogens with one attached hydrogen (secondary N) is 2. The van der Waals surface area contributed by atoms with Crippen LogP contribution in [0.4, 0.5) is 5.13 Å². The van der Waals surface area contributed by atoms with Gasteiger partial charge in [0.2, 0.25) is 5.13 Å². The van der Waals surface area contributed by atoms with E-state index in [2.05, 4.69) is 52.7 Å². The zero-order valence-corrected chi connectivity index (χ0v) is 41.6. The molecule has 4 heterocycles. The number of ether oxygens (including phenoxy) is 4. The molecule has 2 atom stereocenters. The number of carbonyl (C=O) groups excluding carboxylic acids is 1. The lowest BCUT2D eigenvalue weighted by atomic mass is 9.39. The number of Topliss-reactive ketones (excluding diaryl/α,β-unsaturated/α-hetero) is 1. The molecule has 2 aliphatic heterocycles. The van der Waals surface area contributed by atoms with E-state index in [1.165, 1.54) is 17.8 Å². The van der Waals surface area contributed by atoms with Crippen molar-refractivity contribution in [1.29, 1.82) is 5.41 Å². The fourth-order valence-electron chi connectivity index (χ4n) is 12.6. The van der Waals surface area contributed by atoms with E-state index >= 15 is 0 Å². The summed E-state index contributed by atoms with van der Waals surface area (Å²) in [6, 6.07) is 7.87. The molecule has 2 aromatic heterocycles. The van der Waals surface area contributed by atoms with E-state index in [0.29, 0.717) is 88.0 Å². The van der Waals surface area contributed by atoms with E-state index in [9.17, 15) is 20.4 Å². The van der Waals surface area contributed by atoms with E-state index in [1.807, 2.05) is 54.4 Å². The molecule has 0 amide bonds. The number of piperidine rings is 1. The van der Waals surface area contributed by atoms with Crippen molar-refractivity contribution in [2.45, 2.75) is 105 Å². The quantitative estimate of drug-likeness (QED) is 0.0280. The number of likely N-dealkylation sites (tertiary alicyclic amines) is 1. The minimum atomic E-state index is -0.831. The Morgan fingerprint density at radius 2 is 1.65 bits per heavy atom. The predicted octanol–water partition coefficient (Wildman–Crippen LogP) is 8.09. The van der Waals surface area contributed by atoms with E-state index in [1.54, 1.807) is 6.92 Å². The Hall–Kier alpha value is -4.91. The van der Waals surface area contributed by atoms with Gasteiger partial charge in [-0.1, -0.05) is 37.3 Å². The number of dihydropyridines is 1. The fraction of sp³-hybridized carbons (Fsp3) is 0.588. The number of aliphatic imine (C=N–C) groups is 1. The number of ketones is 1. The molecule has 4 aliphatic carbocycles. The Morgan fingerprint density at radius 1 is 0.956 bits per heavy atom. The van der Waals surface area contributed by atoms with Crippen LogP contribution in [-0.4, -0.2) is 131 Å². The number of benzene rings is 1. The number of rotatable bonds is 22. The van der Waals surface area contributed by atoms with E-state index < -0.39 is 5.95 Å². The summed E-state index contributed by atoms with van der Waals surface area (Å²) in [5.74, 6) is 0.463. The molecule has 5 fully saturated rings. The third-order valence-corrected chi connectivity index (χ3v) is 15.4. The number of allylic oxidation sites excluding steroid dienone is 3. The van der Waals surface area contributed by atoms with E-state index in [4.69, 9.17) is 29.8 Å². The van der Waals surface area contributed by atoms with Crippen LogP contribution in [-0.2, 0) is 30.3 Å². The summed E-state index contributed by atoms with van der Waals surface area (Å²) in [7, 11) is 2.11. The normalized spacial score (nSPS) is 26.7. The van der Waals surface area contributed by atoms with Gasteiger partial charge < -0.3 is 50.0 Å². The smallest absolute Gasteiger partial charge is 0.299 e. The average molecular weight is 954 g/mol. The number of aliphatic hydroxyl groups excluding tert-OH is 1. The van der Waals surface area contributed by atoms with Gasteiger partial charge >= 0.3 is 0 Å². The highest BCUT2D eigenvalue weighted by Gasteiger charge is 2.66. The third kappa shape index (κ3) is 11.2. The van der Waals surface area contributed by atoms with Gasteiger partial charge in [-0.15, -0.1) is 0 Å². The number of hydrogen-bond acceptors (Lipinski definition) is 14. The monoisotopic (exact) mass is 954 g/mol. The molecule has 17 heteroatoms. The van der Waals surface area contributed by atoms with E-state index in [0.717, 1.165) is 90.8 Å². The van der Waals surface area contributed by atoms with Crippen LogP contribution in [0.1, 0.15) is 96.7 Å². The number of aromatic nitrogens is 3. The molecule has 9 rings (SSSR count). The molecule has 0 radical (unpaired) electrons. The number of hydrogen-bond donors (Lipinski definition) is 5. The van der Waals surface area contributed by atoms with E-state index in [-0.39, 0.29) is 39.2 Å². The van der Waals surface area contributed by atoms with Gasteiger partial charge in [-0.3, -0.25) is 14.9 Å². The second-order valence-electron chi connectivity index (χ2n) is 20.7. The summed E-state index contributed by atoms with van der Waals surface area (Å²) in [4.78, 5) is 24.4. The Labute approximate surface area is 404 Å². The number of para-hydroxylation sites is 1. The molecule has 2 unspecified atom stereocenters. The van der Waals surface area contributed by atoms with Crippen molar-refractivity contribution >= 4 is 49.7 Å². The maximum atomic E-state index is 11.0. The van der Waals surface area contributed by atoms with Crippen molar-refractivity contribution < 1.29 is 34.0 Å². The number of nitrogens with zero attached hydrogens (tertiary/aromatic N) is 6. The summed E-state index contributed by atoms with van der Waals surface area (Å²) in [6.45, 7) is 17.1. The van der Waals surface area contributed by atoms with Crippen molar-refractivity contribution in [3.05, 3.63) is 82.5 Å². The number of carbonyl (C=O) groups is 1. The van der Waals surface area contributed by atoms with Crippen molar-refractivity contribution in [3.8, 4) is 0 Å². The summed E-state index contributed by atoms with van der Waals surface area (Å²) in [5.41, 5.74) is 11.6. The maximum absolute atomic E-state index is 11.0. The zero-order valence-electron chi connectivity index (χ0n) is 40.8. The fourth-order valence-corrected chi connectivity index (χ4v) is 13.4. The van der Waals surface area contributed by atoms with Crippen LogP contribution in [0.25, 0.3) is 15.8 Å². The van der Waals surface area contributed by atoms with Crippen molar-refractivity contribution in [3.63, 3.8) is 0 Å². The Bertz CT molecular complexity index is 2470. The largest absolute Gasteiger partial charge is 0.480 e. The number of fused-ring (bicyclic) bond motifs is 1. The highest BCUT2D eigenvalue weighted by Crippen LogP contribution is 2.72. The molecule has 4 saturated carbocycles. The summed E-state index contributed by atoms with van der Waals surface area (Å²) < 4.78 is 27.0. The molecular weight excluding hydrogens is 883 g/mol. The highest BCUT2D eigenvalue weighted by molar-refractivity contribution is 7.22. The predicted molar refractivity (Wildman–Crippen MR) is 266 cm³/mol. The number of nitrogens with two attached hydrogens (primary N) is 1. The maximum Gasteiger partial charge on any atom is 0.299 e. The first-order valence-corrected chi connectivity index (χ1v) is 25.0. The van der Waals surface area contributed by atoms with Crippen LogP contribution in [0, 0.1) is 28.6 Å². The molecule has 6 N–H and O–H groups in total. The summed E-state index contributed by atoms with van der Waals surface area (Å²) in [5, 5.41) is 39.6. The lowest BCUT2D eigenvalue weighted by Gasteiger charge is -2.69. The van der Waals surface area contributed by atoms with Gasteiger partial charge in [0, 0.05) is 55.0 Å². The van der Waals surface area contributed by atoms with Crippen LogP contribution >= 0.6 is 11.3 Å². The van der Waals surface area contributed by atoms with Gasteiger partial charge in [0.15, 0.2) is 0 Å². The highest BCUT2D eigenvalue weighted by atomic mass is 32.1. The number of likely N-dealkylation sites (N-methyl/N-ethyl adjacent to an activating group) is 1. The standard InChI is InChI=1S/C51H71N9O7S/c1-34(61)15-19-64-22-24-66-25-23-65-20-17-58(6)18-21-67-51-30-48(4)27-49(5,31-51)29-50(28-48,32-51)33-60-36(3)39(26-54-60)38-13-14-42(56-43(38)46(62)63)59-16-9-10-37(45(59)53)35(2)44(52)57-47-55-40-11-7-8-12-41(40)68-47/h7-8,11-14,26,53,56,62-63H,9-10,15-25,27-33H2,1-6H3,(H2,52,55,57)/b37-35-,53-45?. The van der Waals surface area contributed by atoms with Crippen molar-refractivity contribution in [2.75, 3.05) is 72.9 Å². The van der Waals surface area contributed by atoms with Crippen molar-refractivity contribution in [1.82, 2.24) is 29.9 Å². The third-order valence-electron chi connectivity index (χ3n) is 14.5.